The number of likely N-dealkylation sites (N-methyl/N-ethyl adjacent to an activating group) is 1. The van der Waals surface area contributed by atoms with Crippen LogP contribution in [-0.2, 0) is 14.3 Å². The maximum absolute atomic E-state index is 12.4. The van der Waals surface area contributed by atoms with Gasteiger partial charge in [0.05, 0.1) is 20.2 Å². The number of rotatable bonds is 5. The maximum atomic E-state index is 12.4. The fourth-order valence-corrected chi connectivity index (χ4v) is 2.71. The first-order valence-electron chi connectivity index (χ1n) is 7.09. The summed E-state index contributed by atoms with van der Waals surface area (Å²) >= 11 is 0. The Kier molecular flexibility index (Phi) is 6.28. The predicted octanol–water partition coefficient (Wildman–Crippen LogP) is 1.27. The number of amides is 1. The SMILES string of the molecule is CCN(CC(=O)OC)CC(=O)N1C(C)CCCC1C. The standard InChI is InChI=1S/C14H26N2O3/c1-5-15(10-14(18)19-4)9-13(17)16-11(2)7-6-8-12(16)3/h11-12H,5-10H2,1-4H3. The lowest BCUT2D eigenvalue weighted by molar-refractivity contribution is -0.144. The topological polar surface area (TPSA) is 49.9 Å². The van der Waals surface area contributed by atoms with Crippen LogP contribution in [0.2, 0.25) is 0 Å². The van der Waals surface area contributed by atoms with Crippen LogP contribution in [0.1, 0.15) is 40.0 Å². The quantitative estimate of drug-likeness (QED) is 0.706. The van der Waals surface area contributed by atoms with Crippen LogP contribution in [0.3, 0.4) is 0 Å². The zero-order chi connectivity index (χ0) is 14.4. The number of likely N-dealkylation sites (tertiary alicyclic amines) is 1. The summed E-state index contributed by atoms with van der Waals surface area (Å²) in [6.45, 7) is 7.28. The maximum Gasteiger partial charge on any atom is 0.319 e. The number of esters is 1. The molecule has 1 amide bonds. The first kappa shape index (κ1) is 16.0. The van der Waals surface area contributed by atoms with Gasteiger partial charge in [0.15, 0.2) is 0 Å². The van der Waals surface area contributed by atoms with Gasteiger partial charge in [-0.2, -0.15) is 0 Å². The molecule has 2 unspecified atom stereocenters. The van der Waals surface area contributed by atoms with E-state index in [1.54, 1.807) is 0 Å². The van der Waals surface area contributed by atoms with Crippen LogP contribution in [0.4, 0.5) is 0 Å². The third-order valence-electron chi connectivity index (χ3n) is 3.87. The van der Waals surface area contributed by atoms with Crippen molar-refractivity contribution in [3.8, 4) is 0 Å². The Bertz CT molecular complexity index is 310. The first-order valence-corrected chi connectivity index (χ1v) is 7.09. The normalized spacial score (nSPS) is 23.5. The van der Waals surface area contributed by atoms with Crippen molar-refractivity contribution < 1.29 is 14.3 Å². The van der Waals surface area contributed by atoms with Crippen molar-refractivity contribution in [1.82, 2.24) is 9.80 Å². The largest absolute Gasteiger partial charge is 0.468 e. The molecule has 1 aliphatic rings. The fourth-order valence-electron chi connectivity index (χ4n) is 2.71. The van der Waals surface area contributed by atoms with E-state index in [1.807, 2.05) is 16.7 Å². The van der Waals surface area contributed by atoms with Gasteiger partial charge in [0.25, 0.3) is 0 Å². The highest BCUT2D eigenvalue weighted by Gasteiger charge is 2.29. The van der Waals surface area contributed by atoms with E-state index in [9.17, 15) is 9.59 Å². The zero-order valence-corrected chi connectivity index (χ0v) is 12.5. The Labute approximate surface area is 115 Å². The van der Waals surface area contributed by atoms with E-state index in [1.165, 1.54) is 13.5 Å². The molecule has 0 aromatic carbocycles. The second-order valence-electron chi connectivity index (χ2n) is 5.31. The van der Waals surface area contributed by atoms with Gasteiger partial charge in [0.1, 0.15) is 0 Å². The van der Waals surface area contributed by atoms with Gasteiger partial charge in [-0.25, -0.2) is 0 Å². The van der Waals surface area contributed by atoms with Crippen molar-refractivity contribution in [2.45, 2.75) is 52.1 Å². The van der Waals surface area contributed by atoms with Crippen LogP contribution in [-0.4, -0.2) is 60.5 Å². The van der Waals surface area contributed by atoms with E-state index in [2.05, 4.69) is 18.6 Å². The minimum Gasteiger partial charge on any atom is -0.468 e. The van der Waals surface area contributed by atoms with Gasteiger partial charge >= 0.3 is 5.97 Å². The highest BCUT2D eigenvalue weighted by atomic mass is 16.5. The van der Waals surface area contributed by atoms with Crippen molar-refractivity contribution in [1.29, 1.82) is 0 Å². The van der Waals surface area contributed by atoms with Gasteiger partial charge in [0, 0.05) is 12.1 Å². The minimum atomic E-state index is -0.297. The van der Waals surface area contributed by atoms with Crippen molar-refractivity contribution in [3.63, 3.8) is 0 Å². The monoisotopic (exact) mass is 270 g/mol. The van der Waals surface area contributed by atoms with E-state index in [0.29, 0.717) is 25.2 Å². The highest BCUT2D eigenvalue weighted by Crippen LogP contribution is 2.22. The summed E-state index contributed by atoms with van der Waals surface area (Å²) in [7, 11) is 1.37. The molecule has 1 saturated heterocycles. The minimum absolute atomic E-state index is 0.116. The third kappa shape index (κ3) is 4.49. The third-order valence-corrected chi connectivity index (χ3v) is 3.87. The first-order chi connectivity index (χ1) is 8.99. The second-order valence-corrected chi connectivity index (χ2v) is 5.31. The summed E-state index contributed by atoms with van der Waals surface area (Å²) < 4.78 is 4.65. The zero-order valence-electron chi connectivity index (χ0n) is 12.5. The number of hydrogen-bond acceptors (Lipinski definition) is 4. The lowest BCUT2D eigenvalue weighted by Crippen LogP contribution is -2.51. The Hall–Kier alpha value is -1.10. The highest BCUT2D eigenvalue weighted by molar-refractivity contribution is 5.80. The molecular weight excluding hydrogens is 244 g/mol. The molecule has 0 bridgehead atoms. The summed E-state index contributed by atoms with van der Waals surface area (Å²) in [4.78, 5) is 27.5. The van der Waals surface area contributed by atoms with E-state index in [4.69, 9.17) is 0 Å². The Morgan fingerprint density at radius 3 is 2.26 bits per heavy atom. The van der Waals surface area contributed by atoms with Crippen molar-refractivity contribution in [2.75, 3.05) is 26.7 Å². The molecule has 19 heavy (non-hydrogen) atoms. The molecule has 2 atom stereocenters. The van der Waals surface area contributed by atoms with Crippen molar-refractivity contribution in [3.05, 3.63) is 0 Å². The summed E-state index contributed by atoms with van der Waals surface area (Å²) in [6, 6.07) is 0.598. The summed E-state index contributed by atoms with van der Waals surface area (Å²) in [5, 5.41) is 0. The Balaban J connectivity index is 2.58. The van der Waals surface area contributed by atoms with Gasteiger partial charge in [0.2, 0.25) is 5.91 Å². The molecule has 0 N–H and O–H groups in total. The fraction of sp³-hybridized carbons (Fsp3) is 0.857. The molecule has 0 radical (unpaired) electrons. The molecular formula is C14H26N2O3. The van der Waals surface area contributed by atoms with Crippen LogP contribution >= 0.6 is 0 Å². The molecule has 1 fully saturated rings. The molecule has 5 heteroatoms. The molecule has 1 heterocycles. The number of piperidine rings is 1. The van der Waals surface area contributed by atoms with Gasteiger partial charge in [-0.1, -0.05) is 6.92 Å². The number of hydrogen-bond donors (Lipinski definition) is 0. The van der Waals surface area contributed by atoms with E-state index in [0.717, 1.165) is 12.8 Å². The predicted molar refractivity (Wildman–Crippen MR) is 73.8 cm³/mol. The van der Waals surface area contributed by atoms with E-state index in [-0.39, 0.29) is 18.4 Å². The van der Waals surface area contributed by atoms with Crippen molar-refractivity contribution in [2.24, 2.45) is 0 Å². The molecule has 0 aromatic heterocycles. The second kappa shape index (κ2) is 7.48. The number of carbonyl (C=O) groups excluding carboxylic acids is 2. The summed E-state index contributed by atoms with van der Waals surface area (Å²) in [6.07, 6.45) is 3.32. The molecule has 0 spiro atoms. The van der Waals surface area contributed by atoms with Crippen molar-refractivity contribution >= 4 is 11.9 Å². The molecule has 1 rings (SSSR count). The van der Waals surface area contributed by atoms with Crippen LogP contribution < -0.4 is 0 Å². The van der Waals surface area contributed by atoms with Gasteiger partial charge < -0.3 is 9.64 Å². The van der Waals surface area contributed by atoms with Gasteiger partial charge in [-0.15, -0.1) is 0 Å². The van der Waals surface area contributed by atoms with Gasteiger partial charge in [-0.05, 0) is 39.7 Å². The molecule has 110 valence electrons. The molecule has 1 aliphatic heterocycles. The lowest BCUT2D eigenvalue weighted by Gasteiger charge is -2.40. The number of methoxy groups -OCH3 is 1. The number of ether oxygens (including phenoxy) is 1. The summed E-state index contributed by atoms with van der Waals surface area (Å²) in [5.41, 5.74) is 0. The van der Waals surface area contributed by atoms with Crippen LogP contribution in [0.15, 0.2) is 0 Å². The van der Waals surface area contributed by atoms with Gasteiger partial charge in [-0.3, -0.25) is 14.5 Å². The smallest absolute Gasteiger partial charge is 0.319 e. The Morgan fingerprint density at radius 2 is 1.79 bits per heavy atom. The number of nitrogens with zero attached hydrogens (tertiary/aromatic N) is 2. The molecule has 0 aromatic rings. The lowest BCUT2D eigenvalue weighted by atomic mass is 9.97. The average molecular weight is 270 g/mol. The van der Waals surface area contributed by atoms with Crippen LogP contribution in [0, 0.1) is 0 Å². The van der Waals surface area contributed by atoms with Crippen LogP contribution in [0.5, 0.6) is 0 Å². The molecule has 0 saturated carbocycles. The van der Waals surface area contributed by atoms with Crippen LogP contribution in [0.25, 0.3) is 0 Å². The summed E-state index contributed by atoms with van der Waals surface area (Å²) in [5.74, 6) is -0.181. The average Bonchev–Trinajstić information content (AvgIpc) is 2.37. The Morgan fingerprint density at radius 1 is 1.21 bits per heavy atom. The molecule has 5 nitrogen and oxygen atoms in total. The molecule has 0 aliphatic carbocycles. The number of carbonyl (C=O) groups is 2. The van der Waals surface area contributed by atoms with E-state index < -0.39 is 0 Å². The van der Waals surface area contributed by atoms with E-state index >= 15 is 0 Å².